The van der Waals surface area contributed by atoms with Crippen molar-refractivity contribution < 1.29 is 27.1 Å². The monoisotopic (exact) mass is 479 g/mol. The van der Waals surface area contributed by atoms with Crippen molar-refractivity contribution in [1.82, 2.24) is 14.7 Å². The van der Waals surface area contributed by atoms with E-state index in [9.17, 15) is 23.3 Å². The second kappa shape index (κ2) is 9.35. The Morgan fingerprint density at radius 1 is 1.24 bits per heavy atom. The van der Waals surface area contributed by atoms with Gasteiger partial charge in [-0.05, 0) is 30.5 Å². The van der Waals surface area contributed by atoms with Gasteiger partial charge in [0.05, 0.1) is 36.1 Å². The highest BCUT2D eigenvalue weighted by atomic mass is 32.2. The third-order valence-corrected chi connectivity index (χ3v) is 6.30. The number of anilines is 1. The second-order valence-corrected chi connectivity index (χ2v) is 9.76. The van der Waals surface area contributed by atoms with Crippen molar-refractivity contribution in [2.75, 3.05) is 30.8 Å². The van der Waals surface area contributed by atoms with Gasteiger partial charge in [-0.15, -0.1) is 0 Å². The zero-order valence-electron chi connectivity index (χ0n) is 18.1. The van der Waals surface area contributed by atoms with Crippen molar-refractivity contribution in [2.24, 2.45) is 0 Å². The number of amides is 1. The summed E-state index contributed by atoms with van der Waals surface area (Å²) in [5, 5.41) is 15.1. The number of hydrogen-bond donors (Lipinski definition) is 0. The molecule has 3 heterocycles. The number of nitrogens with zero attached hydrogens (tertiary/aromatic N) is 5. The van der Waals surface area contributed by atoms with Gasteiger partial charge >= 0.3 is 6.09 Å². The summed E-state index contributed by atoms with van der Waals surface area (Å²) in [5.41, 5.74) is 0.555. The predicted molar refractivity (Wildman–Crippen MR) is 117 cm³/mol. The van der Waals surface area contributed by atoms with E-state index in [4.69, 9.17) is 8.92 Å². The molecule has 33 heavy (non-hydrogen) atoms. The van der Waals surface area contributed by atoms with E-state index < -0.39 is 27.2 Å². The summed E-state index contributed by atoms with van der Waals surface area (Å²) in [6, 6.07) is 7.33. The Balaban J connectivity index is 1.44. The third-order valence-electron chi connectivity index (χ3n) is 5.68. The first-order valence-corrected chi connectivity index (χ1v) is 12.3. The number of benzene rings is 1. The van der Waals surface area contributed by atoms with Crippen LogP contribution in [0.15, 0.2) is 36.5 Å². The minimum atomic E-state index is -3.68. The molecule has 0 bridgehead atoms. The van der Waals surface area contributed by atoms with Crippen molar-refractivity contribution >= 4 is 27.7 Å². The van der Waals surface area contributed by atoms with E-state index in [0.717, 1.165) is 31.6 Å². The van der Waals surface area contributed by atoms with E-state index in [2.05, 4.69) is 10.00 Å². The molecule has 4 rings (SSSR count). The molecule has 0 spiro atoms. The molecule has 1 fully saturated rings. The van der Waals surface area contributed by atoms with Crippen molar-refractivity contribution in [3.8, 4) is 0 Å². The summed E-state index contributed by atoms with van der Waals surface area (Å²) in [5.74, 6) is 0.952. The van der Waals surface area contributed by atoms with E-state index in [-0.39, 0.29) is 24.9 Å². The molecule has 1 saturated heterocycles. The summed E-state index contributed by atoms with van der Waals surface area (Å²) in [4.78, 5) is 26.8. The number of carbonyl (C=O) groups excluding carboxylic acids is 1. The van der Waals surface area contributed by atoms with Crippen molar-refractivity contribution in [3.05, 3.63) is 52.2 Å². The average Bonchev–Trinajstić information content (AvgIpc) is 3.38. The highest BCUT2D eigenvalue weighted by Crippen LogP contribution is 2.27. The first kappa shape index (κ1) is 23.0. The fourth-order valence-corrected chi connectivity index (χ4v) is 4.89. The quantitative estimate of drug-likeness (QED) is 0.330. The fourth-order valence-electron chi connectivity index (χ4n) is 4.26. The van der Waals surface area contributed by atoms with E-state index in [0.29, 0.717) is 18.5 Å². The SMILES string of the molecule is CS(=O)(=O)O[C@@H]1C[C@@H](CN2CCCn3nccc32)N(C(=O)OCc2ccc([N+](=O)[O-])cc2)C1. The number of aryl methyl sites for hydroxylation is 1. The molecular weight excluding hydrogens is 454 g/mol. The molecule has 2 atom stereocenters. The largest absolute Gasteiger partial charge is 0.445 e. The molecule has 1 aromatic heterocycles. The molecule has 0 N–H and O–H groups in total. The van der Waals surface area contributed by atoms with E-state index >= 15 is 0 Å². The van der Waals surface area contributed by atoms with Crippen molar-refractivity contribution in [2.45, 2.75) is 38.1 Å². The summed E-state index contributed by atoms with van der Waals surface area (Å²) >= 11 is 0. The van der Waals surface area contributed by atoms with Crippen LogP contribution >= 0.6 is 0 Å². The Hall–Kier alpha value is -3.19. The number of fused-ring (bicyclic) bond motifs is 1. The molecule has 0 aliphatic carbocycles. The van der Waals surface area contributed by atoms with Crippen LogP contribution in [0.1, 0.15) is 18.4 Å². The molecule has 0 unspecified atom stereocenters. The topological polar surface area (TPSA) is 137 Å². The maximum atomic E-state index is 12.9. The zero-order chi connectivity index (χ0) is 23.6. The Kier molecular flexibility index (Phi) is 6.51. The summed E-state index contributed by atoms with van der Waals surface area (Å²) in [6.07, 6.45) is 2.73. The average molecular weight is 480 g/mol. The highest BCUT2D eigenvalue weighted by molar-refractivity contribution is 7.86. The standard InChI is InChI=1S/C20H25N5O7S/c1-33(29,30)32-18-11-17(12-22-9-2-10-24-19(22)7-8-21-24)23(13-18)20(26)31-14-15-3-5-16(6-4-15)25(27)28/h3-8,17-18H,2,9-14H2,1H3/t17-,18+/m0/s1. The number of nitro benzene ring substituents is 1. The predicted octanol–water partition coefficient (Wildman–Crippen LogP) is 1.76. The molecule has 1 amide bonds. The van der Waals surface area contributed by atoms with Crippen LogP contribution in [0.3, 0.4) is 0 Å². The molecule has 0 radical (unpaired) electrons. The van der Waals surface area contributed by atoms with Gasteiger partial charge in [0.1, 0.15) is 12.4 Å². The molecule has 2 aliphatic rings. The lowest BCUT2D eigenvalue weighted by Crippen LogP contribution is -2.45. The van der Waals surface area contributed by atoms with Crippen LogP contribution in [0.4, 0.5) is 16.3 Å². The number of nitro groups is 1. The third kappa shape index (κ3) is 5.60. The molecule has 178 valence electrons. The maximum absolute atomic E-state index is 12.9. The number of aromatic nitrogens is 2. The van der Waals surface area contributed by atoms with Gasteiger partial charge in [0.25, 0.3) is 15.8 Å². The Labute approximate surface area is 190 Å². The summed E-state index contributed by atoms with van der Waals surface area (Å²) in [7, 11) is -3.68. The van der Waals surface area contributed by atoms with Crippen LogP contribution in [0.2, 0.25) is 0 Å². The maximum Gasteiger partial charge on any atom is 0.410 e. The van der Waals surface area contributed by atoms with Gasteiger partial charge in [0.15, 0.2) is 0 Å². The summed E-state index contributed by atoms with van der Waals surface area (Å²) in [6.45, 7) is 2.13. The van der Waals surface area contributed by atoms with Gasteiger partial charge < -0.3 is 14.5 Å². The van der Waals surface area contributed by atoms with E-state index in [1.54, 1.807) is 6.20 Å². The van der Waals surface area contributed by atoms with Gasteiger partial charge in [-0.1, -0.05) is 0 Å². The van der Waals surface area contributed by atoms with Gasteiger partial charge in [-0.2, -0.15) is 13.5 Å². The number of hydrogen-bond acceptors (Lipinski definition) is 9. The lowest BCUT2D eigenvalue weighted by Gasteiger charge is -2.34. The van der Waals surface area contributed by atoms with Crippen LogP contribution in [-0.4, -0.2) is 72.2 Å². The van der Waals surface area contributed by atoms with Gasteiger partial charge in [-0.25, -0.2) is 9.48 Å². The first-order valence-electron chi connectivity index (χ1n) is 10.5. The Morgan fingerprint density at radius 3 is 2.70 bits per heavy atom. The number of likely N-dealkylation sites (tertiary alicyclic amines) is 1. The molecule has 13 heteroatoms. The van der Waals surface area contributed by atoms with Crippen LogP contribution in [0.25, 0.3) is 0 Å². The van der Waals surface area contributed by atoms with Gasteiger partial charge in [0, 0.05) is 37.8 Å². The van der Waals surface area contributed by atoms with Gasteiger partial charge in [0.2, 0.25) is 0 Å². The number of rotatable bonds is 7. The van der Waals surface area contributed by atoms with Gasteiger partial charge in [-0.3, -0.25) is 14.3 Å². The molecule has 2 aliphatic heterocycles. The minimum Gasteiger partial charge on any atom is -0.445 e. The molecule has 0 saturated carbocycles. The van der Waals surface area contributed by atoms with E-state index in [1.807, 2.05) is 10.7 Å². The molecule has 2 aromatic rings. The summed E-state index contributed by atoms with van der Waals surface area (Å²) < 4.78 is 35.8. The number of non-ortho nitro benzene ring substituents is 1. The highest BCUT2D eigenvalue weighted by Gasteiger charge is 2.39. The lowest BCUT2D eigenvalue weighted by atomic mass is 10.1. The van der Waals surface area contributed by atoms with Crippen LogP contribution in [0.5, 0.6) is 0 Å². The fraction of sp³-hybridized carbons (Fsp3) is 0.500. The van der Waals surface area contributed by atoms with E-state index in [1.165, 1.54) is 29.2 Å². The minimum absolute atomic E-state index is 0.0498. The molecular formula is C20H25N5O7S. The van der Waals surface area contributed by atoms with Crippen molar-refractivity contribution in [3.63, 3.8) is 0 Å². The van der Waals surface area contributed by atoms with Crippen LogP contribution in [0, 0.1) is 10.1 Å². The smallest absolute Gasteiger partial charge is 0.410 e. The number of carbonyl (C=O) groups is 1. The zero-order valence-corrected chi connectivity index (χ0v) is 18.9. The Bertz CT molecular complexity index is 1120. The van der Waals surface area contributed by atoms with Crippen LogP contribution < -0.4 is 4.90 Å². The Morgan fingerprint density at radius 2 is 2.00 bits per heavy atom. The van der Waals surface area contributed by atoms with Crippen LogP contribution in [-0.2, 0) is 32.2 Å². The molecule has 1 aromatic carbocycles. The van der Waals surface area contributed by atoms with Crippen molar-refractivity contribution in [1.29, 1.82) is 0 Å². The normalized spacial score (nSPS) is 20.5. The second-order valence-electron chi connectivity index (χ2n) is 8.15. The number of ether oxygens (including phenoxy) is 1. The lowest BCUT2D eigenvalue weighted by molar-refractivity contribution is -0.384. The first-order chi connectivity index (χ1) is 15.7. The molecule has 12 nitrogen and oxygen atoms in total.